The van der Waals surface area contributed by atoms with Gasteiger partial charge >= 0.3 is 0 Å². The molecule has 0 radical (unpaired) electrons. The molecule has 5 heteroatoms. The lowest BCUT2D eigenvalue weighted by atomic mass is 10.3. The number of anilines is 1. The first-order chi connectivity index (χ1) is 7.75. The zero-order valence-corrected chi connectivity index (χ0v) is 11.6. The molecule has 2 heterocycles. The zero-order valence-electron chi connectivity index (χ0n) is 9.49. The van der Waals surface area contributed by atoms with Crippen molar-refractivity contribution < 1.29 is 0 Å². The van der Waals surface area contributed by atoms with Crippen molar-refractivity contribution in [2.75, 3.05) is 25.0 Å². The van der Waals surface area contributed by atoms with Gasteiger partial charge in [0.25, 0.3) is 0 Å². The molecule has 0 aromatic carbocycles. The molecule has 0 bridgehead atoms. The van der Waals surface area contributed by atoms with Crippen LogP contribution in [-0.2, 0) is 0 Å². The van der Waals surface area contributed by atoms with E-state index in [1.165, 1.54) is 25.9 Å². The van der Waals surface area contributed by atoms with Crippen molar-refractivity contribution in [2.24, 2.45) is 0 Å². The number of rotatable bonds is 4. The van der Waals surface area contributed by atoms with E-state index in [4.69, 9.17) is 0 Å². The Morgan fingerprint density at radius 3 is 2.62 bits per heavy atom. The number of likely N-dealkylation sites (tertiary alicyclic amines) is 1. The van der Waals surface area contributed by atoms with Crippen LogP contribution in [0.4, 0.5) is 5.95 Å². The van der Waals surface area contributed by atoms with Crippen LogP contribution in [0.15, 0.2) is 12.4 Å². The molecule has 1 fully saturated rings. The highest BCUT2D eigenvalue weighted by Crippen LogP contribution is 2.11. The predicted octanol–water partition coefficient (Wildman–Crippen LogP) is 1.98. The maximum atomic E-state index is 4.23. The van der Waals surface area contributed by atoms with E-state index in [0.29, 0.717) is 6.04 Å². The molecular weight excluding hydrogens is 315 g/mol. The van der Waals surface area contributed by atoms with E-state index in [-0.39, 0.29) is 0 Å². The quantitative estimate of drug-likeness (QED) is 0.856. The summed E-state index contributed by atoms with van der Waals surface area (Å²) in [6.45, 7) is 5.64. The Balaban J connectivity index is 1.80. The second-order valence-electron chi connectivity index (χ2n) is 4.20. The Morgan fingerprint density at radius 1 is 1.38 bits per heavy atom. The van der Waals surface area contributed by atoms with Crippen molar-refractivity contribution in [2.45, 2.75) is 25.8 Å². The average Bonchev–Trinajstić information content (AvgIpc) is 2.81. The van der Waals surface area contributed by atoms with Crippen molar-refractivity contribution in [3.8, 4) is 0 Å². The van der Waals surface area contributed by atoms with Gasteiger partial charge in [0, 0.05) is 28.6 Å². The van der Waals surface area contributed by atoms with Gasteiger partial charge in [0.05, 0.1) is 0 Å². The number of hydrogen-bond acceptors (Lipinski definition) is 4. The molecule has 1 saturated heterocycles. The molecule has 1 N–H and O–H groups in total. The van der Waals surface area contributed by atoms with Gasteiger partial charge in [-0.15, -0.1) is 0 Å². The fraction of sp³-hybridized carbons (Fsp3) is 0.636. The molecule has 0 saturated carbocycles. The first-order valence-corrected chi connectivity index (χ1v) is 6.79. The highest BCUT2D eigenvalue weighted by molar-refractivity contribution is 14.1. The third-order valence-corrected chi connectivity index (χ3v) is 3.50. The summed E-state index contributed by atoms with van der Waals surface area (Å²) < 4.78 is 1.07. The molecule has 0 spiro atoms. The summed E-state index contributed by atoms with van der Waals surface area (Å²) in [5.74, 6) is 0.728. The zero-order chi connectivity index (χ0) is 11.4. The third-order valence-electron chi connectivity index (χ3n) is 2.94. The van der Waals surface area contributed by atoms with Gasteiger partial charge < -0.3 is 5.32 Å². The molecule has 1 aliphatic rings. The lowest BCUT2D eigenvalue weighted by Crippen LogP contribution is -2.35. The van der Waals surface area contributed by atoms with Crippen LogP contribution in [0.5, 0.6) is 0 Å². The largest absolute Gasteiger partial charge is 0.353 e. The second-order valence-corrected chi connectivity index (χ2v) is 5.44. The molecule has 16 heavy (non-hydrogen) atoms. The van der Waals surface area contributed by atoms with Gasteiger partial charge in [0.15, 0.2) is 0 Å². The van der Waals surface area contributed by atoms with Crippen LogP contribution in [0.1, 0.15) is 19.8 Å². The van der Waals surface area contributed by atoms with Crippen LogP contribution in [0.3, 0.4) is 0 Å². The molecule has 0 amide bonds. The smallest absolute Gasteiger partial charge is 0.222 e. The van der Waals surface area contributed by atoms with Crippen LogP contribution in [0.2, 0.25) is 0 Å². The summed E-state index contributed by atoms with van der Waals surface area (Å²) >= 11 is 2.21. The summed E-state index contributed by atoms with van der Waals surface area (Å²) in [5.41, 5.74) is 0. The van der Waals surface area contributed by atoms with Gasteiger partial charge in [0.2, 0.25) is 5.95 Å². The van der Waals surface area contributed by atoms with E-state index in [0.717, 1.165) is 16.1 Å². The number of nitrogens with one attached hydrogen (secondary N) is 1. The molecule has 4 nitrogen and oxygen atoms in total. The van der Waals surface area contributed by atoms with Crippen molar-refractivity contribution >= 4 is 28.5 Å². The predicted molar refractivity (Wildman–Crippen MR) is 73.5 cm³/mol. The van der Waals surface area contributed by atoms with E-state index >= 15 is 0 Å². The molecule has 1 aromatic heterocycles. The molecule has 1 unspecified atom stereocenters. The average molecular weight is 332 g/mol. The van der Waals surface area contributed by atoms with E-state index in [1.807, 2.05) is 12.4 Å². The van der Waals surface area contributed by atoms with E-state index in [2.05, 4.69) is 49.7 Å². The Hall–Kier alpha value is -0.430. The minimum Gasteiger partial charge on any atom is -0.353 e. The minimum atomic E-state index is 0.561. The summed E-state index contributed by atoms with van der Waals surface area (Å²) in [4.78, 5) is 11.0. The highest BCUT2D eigenvalue weighted by atomic mass is 127. The van der Waals surface area contributed by atoms with Gasteiger partial charge in [-0.2, -0.15) is 0 Å². The van der Waals surface area contributed by atoms with Gasteiger partial charge in [0.1, 0.15) is 0 Å². The van der Waals surface area contributed by atoms with Crippen LogP contribution in [0.25, 0.3) is 0 Å². The SMILES string of the molecule is CC(CNc1ncc(I)cn1)N1CCCC1. The molecule has 88 valence electrons. The van der Waals surface area contributed by atoms with E-state index < -0.39 is 0 Å². The third kappa shape index (κ3) is 3.28. The molecule has 0 aliphatic carbocycles. The molecule has 2 rings (SSSR count). The minimum absolute atomic E-state index is 0.561. The van der Waals surface area contributed by atoms with Crippen molar-refractivity contribution in [1.29, 1.82) is 0 Å². The Labute approximate surface area is 110 Å². The fourth-order valence-corrected chi connectivity index (χ4v) is 2.23. The molecule has 1 aliphatic heterocycles. The lowest BCUT2D eigenvalue weighted by molar-refractivity contribution is 0.269. The number of aromatic nitrogens is 2. The summed E-state index contributed by atoms with van der Waals surface area (Å²) in [6, 6.07) is 0.561. The molecule has 1 atom stereocenters. The van der Waals surface area contributed by atoms with Gasteiger partial charge in [-0.25, -0.2) is 9.97 Å². The maximum Gasteiger partial charge on any atom is 0.222 e. The summed E-state index contributed by atoms with van der Waals surface area (Å²) in [7, 11) is 0. The van der Waals surface area contributed by atoms with Crippen LogP contribution < -0.4 is 5.32 Å². The van der Waals surface area contributed by atoms with Gasteiger partial charge in [-0.1, -0.05) is 0 Å². The number of hydrogen-bond donors (Lipinski definition) is 1. The second kappa shape index (κ2) is 5.77. The van der Waals surface area contributed by atoms with E-state index in [1.54, 1.807) is 0 Å². The van der Waals surface area contributed by atoms with Crippen LogP contribution in [0, 0.1) is 3.57 Å². The van der Waals surface area contributed by atoms with Crippen LogP contribution >= 0.6 is 22.6 Å². The molecular formula is C11H17IN4. The standard InChI is InChI=1S/C11H17IN4/c1-9(16-4-2-3-5-16)6-13-11-14-7-10(12)8-15-11/h7-9H,2-6H2,1H3,(H,13,14,15). The molecule has 1 aromatic rings. The number of halogens is 1. The topological polar surface area (TPSA) is 41.1 Å². The van der Waals surface area contributed by atoms with Crippen molar-refractivity contribution in [1.82, 2.24) is 14.9 Å². The summed E-state index contributed by atoms with van der Waals surface area (Å²) in [6.07, 6.45) is 6.33. The van der Waals surface area contributed by atoms with E-state index in [9.17, 15) is 0 Å². The van der Waals surface area contributed by atoms with Gasteiger partial charge in [-0.3, -0.25) is 4.90 Å². The fourth-order valence-electron chi connectivity index (χ4n) is 1.95. The van der Waals surface area contributed by atoms with Crippen molar-refractivity contribution in [3.63, 3.8) is 0 Å². The monoisotopic (exact) mass is 332 g/mol. The Morgan fingerprint density at radius 2 is 2.00 bits per heavy atom. The number of nitrogens with zero attached hydrogens (tertiary/aromatic N) is 3. The maximum absolute atomic E-state index is 4.23. The van der Waals surface area contributed by atoms with Crippen LogP contribution in [-0.4, -0.2) is 40.5 Å². The van der Waals surface area contributed by atoms with Gasteiger partial charge in [-0.05, 0) is 55.4 Å². The normalized spacial score (nSPS) is 18.6. The Kier molecular flexibility index (Phi) is 4.34. The first kappa shape index (κ1) is 12.0. The summed E-state index contributed by atoms with van der Waals surface area (Å²) in [5, 5.41) is 3.28. The highest BCUT2D eigenvalue weighted by Gasteiger charge is 2.17. The lowest BCUT2D eigenvalue weighted by Gasteiger charge is -2.23. The van der Waals surface area contributed by atoms with Crippen molar-refractivity contribution in [3.05, 3.63) is 16.0 Å². The first-order valence-electron chi connectivity index (χ1n) is 5.71. The Bertz CT molecular complexity index is 321.